The van der Waals surface area contributed by atoms with Crippen LogP contribution in [-0.4, -0.2) is 38.3 Å². The van der Waals surface area contributed by atoms with Crippen LogP contribution in [0.25, 0.3) is 10.9 Å². The summed E-state index contributed by atoms with van der Waals surface area (Å²) < 4.78 is 5.17. The molecule has 0 atom stereocenters. The molecule has 0 aliphatic carbocycles. The van der Waals surface area contributed by atoms with Crippen molar-refractivity contribution in [1.82, 2.24) is 9.88 Å². The van der Waals surface area contributed by atoms with Gasteiger partial charge < -0.3 is 19.3 Å². The lowest BCUT2D eigenvalue weighted by Gasteiger charge is -2.30. The Morgan fingerprint density at radius 1 is 1.18 bits per heavy atom. The first kappa shape index (κ1) is 17.2. The van der Waals surface area contributed by atoms with Gasteiger partial charge in [0.2, 0.25) is 0 Å². The molecule has 0 spiro atoms. The van der Waals surface area contributed by atoms with Gasteiger partial charge in [0.05, 0.1) is 0 Å². The maximum Gasteiger partial charge on any atom is 0.391 e. The summed E-state index contributed by atoms with van der Waals surface area (Å²) in [5, 5.41) is 0.936. The average molecular weight is 324 g/mol. The fourth-order valence-electron chi connectivity index (χ4n) is 2.94. The molecule has 0 radical (unpaired) electrons. The van der Waals surface area contributed by atoms with Crippen molar-refractivity contribution in [1.29, 1.82) is 0 Å². The summed E-state index contributed by atoms with van der Waals surface area (Å²) in [5.41, 5.74) is 2.08. The van der Waals surface area contributed by atoms with Crippen molar-refractivity contribution >= 4 is 19.5 Å². The highest BCUT2D eigenvalue weighted by molar-refractivity contribution is 7.39. The molecule has 2 rings (SSSR count). The number of hydrogen-bond acceptors (Lipinski definition) is 4. The second kappa shape index (κ2) is 7.42. The van der Waals surface area contributed by atoms with Crippen LogP contribution in [0.1, 0.15) is 33.3 Å². The van der Waals surface area contributed by atoms with E-state index in [1.807, 2.05) is 18.3 Å². The summed E-state index contributed by atoms with van der Waals surface area (Å²) in [7, 11) is -2.41. The first-order chi connectivity index (χ1) is 10.4. The normalized spacial score (nSPS) is 12.3. The molecule has 0 unspecified atom stereocenters. The zero-order valence-corrected chi connectivity index (χ0v) is 14.5. The van der Waals surface area contributed by atoms with Gasteiger partial charge in [-0.05, 0) is 51.8 Å². The van der Waals surface area contributed by atoms with Crippen molar-refractivity contribution in [2.75, 3.05) is 6.54 Å². The van der Waals surface area contributed by atoms with Gasteiger partial charge in [0.1, 0.15) is 5.75 Å². The predicted octanol–water partition coefficient (Wildman–Crippen LogP) is 3.42. The molecule has 0 saturated carbocycles. The van der Waals surface area contributed by atoms with Crippen LogP contribution in [0.3, 0.4) is 0 Å². The van der Waals surface area contributed by atoms with E-state index in [0.29, 0.717) is 17.8 Å². The molecule has 3 N–H and O–H groups in total. The monoisotopic (exact) mass is 324 g/mol. The van der Waals surface area contributed by atoms with Crippen molar-refractivity contribution in [2.45, 2.75) is 46.2 Å². The van der Waals surface area contributed by atoms with Gasteiger partial charge in [-0.15, -0.1) is 0 Å². The maximum atomic E-state index is 9.14. The molecule has 0 saturated heterocycles. The van der Waals surface area contributed by atoms with Crippen LogP contribution in [0.15, 0.2) is 24.4 Å². The Morgan fingerprint density at radius 3 is 2.45 bits per heavy atom. The fourth-order valence-corrected chi connectivity index (χ4v) is 3.27. The van der Waals surface area contributed by atoms with E-state index in [1.54, 1.807) is 6.07 Å². The third-order valence-corrected chi connectivity index (χ3v) is 4.26. The van der Waals surface area contributed by atoms with Gasteiger partial charge in [0, 0.05) is 35.7 Å². The smallest absolute Gasteiger partial charge is 0.391 e. The van der Waals surface area contributed by atoms with Crippen LogP contribution in [0.4, 0.5) is 0 Å². The Hall–Kier alpha value is -1.13. The summed E-state index contributed by atoms with van der Waals surface area (Å²) in [6.45, 7) is 9.76. The van der Waals surface area contributed by atoms with Gasteiger partial charge >= 0.3 is 8.60 Å². The molecule has 0 aliphatic heterocycles. The standard InChI is InChI=1S/C16H25N2O3P/c1-11(2)18(12(3)4)9-8-13-10-17-14-6-5-7-15(16(13)14)21-22(19)20/h5-7,10-12,17,19-20H,8-9H2,1-4H3. The molecule has 22 heavy (non-hydrogen) atoms. The number of hydrogen-bond donors (Lipinski definition) is 3. The number of fused-ring (bicyclic) bond motifs is 1. The molecule has 1 aromatic heterocycles. The van der Waals surface area contributed by atoms with Crippen molar-refractivity contribution in [2.24, 2.45) is 0 Å². The summed E-state index contributed by atoms with van der Waals surface area (Å²) in [4.78, 5) is 23.9. The first-order valence-corrected chi connectivity index (χ1v) is 8.77. The summed E-state index contributed by atoms with van der Waals surface area (Å²) in [6.07, 6.45) is 2.86. The lowest BCUT2D eigenvalue weighted by Crippen LogP contribution is -2.38. The van der Waals surface area contributed by atoms with Gasteiger partial charge in [0.25, 0.3) is 0 Å². The number of H-pyrrole nitrogens is 1. The average Bonchev–Trinajstić information content (AvgIpc) is 2.82. The second-order valence-corrected chi connectivity index (χ2v) is 6.70. The Bertz CT molecular complexity index is 602. The van der Waals surface area contributed by atoms with Crippen LogP contribution < -0.4 is 4.52 Å². The summed E-state index contributed by atoms with van der Waals surface area (Å²) in [5.74, 6) is 0.519. The minimum Gasteiger partial charge on any atom is -0.426 e. The maximum absolute atomic E-state index is 9.14. The summed E-state index contributed by atoms with van der Waals surface area (Å²) in [6, 6.07) is 6.55. The Morgan fingerprint density at radius 2 is 1.86 bits per heavy atom. The van der Waals surface area contributed by atoms with Crippen molar-refractivity contribution < 1.29 is 14.3 Å². The van der Waals surface area contributed by atoms with Crippen LogP contribution in [0, 0.1) is 0 Å². The van der Waals surface area contributed by atoms with Crippen LogP contribution in [0.5, 0.6) is 5.75 Å². The van der Waals surface area contributed by atoms with Gasteiger partial charge in [0.15, 0.2) is 0 Å². The molecular formula is C16H25N2O3P. The van der Waals surface area contributed by atoms with Gasteiger partial charge in [-0.1, -0.05) is 6.07 Å². The number of nitrogens with zero attached hydrogens (tertiary/aromatic N) is 1. The molecule has 0 aliphatic rings. The van der Waals surface area contributed by atoms with Crippen molar-refractivity contribution in [3.63, 3.8) is 0 Å². The Kier molecular flexibility index (Phi) is 5.81. The fraction of sp³-hybridized carbons (Fsp3) is 0.500. The van der Waals surface area contributed by atoms with E-state index >= 15 is 0 Å². The third-order valence-electron chi connectivity index (χ3n) is 3.90. The number of rotatable bonds is 7. The van der Waals surface area contributed by atoms with E-state index in [-0.39, 0.29) is 0 Å². The van der Waals surface area contributed by atoms with E-state index in [9.17, 15) is 0 Å². The van der Waals surface area contributed by atoms with E-state index in [4.69, 9.17) is 14.3 Å². The predicted molar refractivity (Wildman–Crippen MR) is 91.0 cm³/mol. The highest BCUT2D eigenvalue weighted by Crippen LogP contribution is 2.36. The van der Waals surface area contributed by atoms with Crippen LogP contribution in [-0.2, 0) is 6.42 Å². The zero-order valence-electron chi connectivity index (χ0n) is 13.6. The SMILES string of the molecule is CC(C)N(CCc1c[nH]c2cccc(OP(O)O)c12)C(C)C. The highest BCUT2D eigenvalue weighted by Gasteiger charge is 2.16. The topological polar surface area (TPSA) is 68.7 Å². The quantitative estimate of drug-likeness (QED) is 0.683. The van der Waals surface area contributed by atoms with Gasteiger partial charge in [-0.3, -0.25) is 4.90 Å². The lowest BCUT2D eigenvalue weighted by molar-refractivity contribution is 0.177. The molecule has 0 fully saturated rings. The largest absolute Gasteiger partial charge is 0.426 e. The molecular weight excluding hydrogens is 299 g/mol. The van der Waals surface area contributed by atoms with Gasteiger partial charge in [-0.25, -0.2) is 0 Å². The van der Waals surface area contributed by atoms with Crippen molar-refractivity contribution in [3.8, 4) is 5.75 Å². The van der Waals surface area contributed by atoms with E-state index in [1.165, 1.54) is 0 Å². The highest BCUT2D eigenvalue weighted by atomic mass is 31.2. The minimum atomic E-state index is -2.41. The molecule has 5 nitrogen and oxygen atoms in total. The number of aromatic amines is 1. The molecule has 0 amide bonds. The first-order valence-electron chi connectivity index (χ1n) is 7.60. The lowest BCUT2D eigenvalue weighted by atomic mass is 10.1. The molecule has 2 aromatic rings. The van der Waals surface area contributed by atoms with Crippen molar-refractivity contribution in [3.05, 3.63) is 30.0 Å². The van der Waals surface area contributed by atoms with Crippen LogP contribution >= 0.6 is 8.60 Å². The number of nitrogens with one attached hydrogen (secondary N) is 1. The zero-order chi connectivity index (χ0) is 16.3. The van der Waals surface area contributed by atoms with E-state index < -0.39 is 8.60 Å². The molecule has 122 valence electrons. The third kappa shape index (κ3) is 3.99. The second-order valence-electron chi connectivity index (χ2n) is 6.01. The number of benzene rings is 1. The molecule has 1 heterocycles. The van der Waals surface area contributed by atoms with Crippen LogP contribution in [0.2, 0.25) is 0 Å². The Labute approximate surface area is 132 Å². The Balaban J connectivity index is 2.24. The summed E-state index contributed by atoms with van der Waals surface area (Å²) >= 11 is 0. The molecule has 0 bridgehead atoms. The van der Waals surface area contributed by atoms with Gasteiger partial charge in [-0.2, -0.15) is 0 Å². The minimum absolute atomic E-state index is 0.489. The number of aromatic nitrogens is 1. The van der Waals surface area contributed by atoms with E-state index in [2.05, 4.69) is 37.6 Å². The molecule has 1 aromatic carbocycles. The van der Waals surface area contributed by atoms with E-state index in [0.717, 1.165) is 29.4 Å². The molecule has 6 heteroatoms.